The predicted molar refractivity (Wildman–Crippen MR) is 159 cm³/mol. The zero-order valence-electron chi connectivity index (χ0n) is 24.8. The Morgan fingerprint density at radius 1 is 1.02 bits per heavy atom. The van der Waals surface area contributed by atoms with Gasteiger partial charge in [0, 0.05) is 18.5 Å². The molecule has 0 saturated carbocycles. The normalized spacial score (nSPS) is 16.3. The van der Waals surface area contributed by atoms with Crippen molar-refractivity contribution in [2.24, 2.45) is 0 Å². The summed E-state index contributed by atoms with van der Waals surface area (Å²) in [6.07, 6.45) is 6.74. The quantitative estimate of drug-likeness (QED) is 0.115. The summed E-state index contributed by atoms with van der Waals surface area (Å²) in [5.74, 6) is -0.474. The number of nitrogens with zero attached hydrogens (tertiary/aromatic N) is 4. The number of rotatable bonds is 19. The van der Waals surface area contributed by atoms with Crippen molar-refractivity contribution >= 4 is 28.8 Å². The molecular formula is C30H40N6O8. The van der Waals surface area contributed by atoms with E-state index in [1.807, 2.05) is 6.07 Å². The van der Waals surface area contributed by atoms with Gasteiger partial charge in [-0.25, -0.2) is 15.0 Å². The molecule has 1 aliphatic heterocycles. The molecule has 2 amide bonds. The maximum Gasteiger partial charge on any atom is 0.256 e. The summed E-state index contributed by atoms with van der Waals surface area (Å²) >= 11 is 0. The molecule has 1 aliphatic rings. The van der Waals surface area contributed by atoms with Crippen LogP contribution in [0, 0.1) is 0 Å². The molecular weight excluding hydrogens is 572 g/mol. The molecule has 1 aromatic carbocycles. The van der Waals surface area contributed by atoms with Crippen LogP contribution in [0.5, 0.6) is 0 Å². The van der Waals surface area contributed by atoms with E-state index >= 15 is 0 Å². The molecule has 14 nitrogen and oxygen atoms in total. The first kappa shape index (κ1) is 32.8. The summed E-state index contributed by atoms with van der Waals surface area (Å²) in [7, 11) is 0. The minimum Gasteiger partial charge on any atom is -0.506 e. The molecule has 0 saturated heterocycles. The van der Waals surface area contributed by atoms with E-state index in [2.05, 4.69) is 32.5 Å². The van der Waals surface area contributed by atoms with E-state index in [-0.39, 0.29) is 49.2 Å². The number of imidazole rings is 1. The van der Waals surface area contributed by atoms with E-state index in [9.17, 15) is 19.8 Å². The van der Waals surface area contributed by atoms with E-state index < -0.39 is 18.9 Å². The monoisotopic (exact) mass is 612 g/mol. The van der Waals surface area contributed by atoms with Gasteiger partial charge in [0.25, 0.3) is 5.91 Å². The number of anilines is 1. The van der Waals surface area contributed by atoms with Crippen molar-refractivity contribution in [2.45, 2.75) is 57.8 Å². The second-order valence-corrected chi connectivity index (χ2v) is 10.1. The highest BCUT2D eigenvalue weighted by atomic mass is 16.7. The van der Waals surface area contributed by atoms with Gasteiger partial charge in [-0.1, -0.05) is 50.8 Å². The Kier molecular flexibility index (Phi) is 12.9. The first-order valence-electron chi connectivity index (χ1n) is 14.8. The molecule has 44 heavy (non-hydrogen) atoms. The zero-order chi connectivity index (χ0) is 31.1. The van der Waals surface area contributed by atoms with Crippen LogP contribution in [-0.2, 0) is 23.7 Å². The number of nitrogens with one attached hydrogen (secondary N) is 2. The molecule has 14 heteroatoms. The fourth-order valence-corrected chi connectivity index (χ4v) is 4.58. The Morgan fingerprint density at radius 3 is 2.61 bits per heavy atom. The Morgan fingerprint density at radius 2 is 1.82 bits per heavy atom. The third kappa shape index (κ3) is 8.95. The number of carbonyl (C=O) groups is 2. The summed E-state index contributed by atoms with van der Waals surface area (Å²) in [6, 6.07) is 8.68. The van der Waals surface area contributed by atoms with Crippen LogP contribution >= 0.6 is 0 Å². The summed E-state index contributed by atoms with van der Waals surface area (Å²) in [6.45, 7) is 2.69. The first-order valence-corrected chi connectivity index (χ1v) is 14.8. The standard InChI is InChI=1S/C30H40N6O8/c1-2-3-4-5-9-12-23(38)31-13-14-41-15-16-42-20-43-26-25(39)22(17-37)44-30(26)36-19-34-24-27(32-18-33-28(24)36)35-29(40)21-10-7-6-8-11-21/h6-8,10-11,18-19,26,30,37,39H,2-5,9,12-17,20H2,1H3,(H,31,38)(H,32,33,35,40)/t26?,30-/m1/s1. The fourth-order valence-electron chi connectivity index (χ4n) is 4.58. The first-order chi connectivity index (χ1) is 21.5. The number of amides is 2. The van der Waals surface area contributed by atoms with Crippen molar-refractivity contribution in [3.63, 3.8) is 0 Å². The largest absolute Gasteiger partial charge is 0.506 e. The van der Waals surface area contributed by atoms with E-state index in [4.69, 9.17) is 18.9 Å². The molecule has 3 aromatic rings. The number of fused-ring (bicyclic) bond motifs is 1. The fraction of sp³-hybridized carbons (Fsp3) is 0.500. The number of aromatic nitrogens is 4. The molecule has 1 unspecified atom stereocenters. The molecule has 2 aromatic heterocycles. The minimum atomic E-state index is -1.04. The molecule has 0 spiro atoms. The van der Waals surface area contributed by atoms with E-state index in [1.54, 1.807) is 24.3 Å². The van der Waals surface area contributed by atoms with Gasteiger partial charge in [-0.15, -0.1) is 0 Å². The van der Waals surface area contributed by atoms with Gasteiger partial charge in [0.15, 0.2) is 34.6 Å². The lowest BCUT2D eigenvalue weighted by Crippen LogP contribution is -2.28. The zero-order valence-corrected chi connectivity index (χ0v) is 24.8. The van der Waals surface area contributed by atoms with Crippen molar-refractivity contribution in [3.8, 4) is 0 Å². The Bertz CT molecular complexity index is 1380. The highest BCUT2D eigenvalue weighted by Gasteiger charge is 2.40. The van der Waals surface area contributed by atoms with Gasteiger partial charge in [0.05, 0.1) is 19.8 Å². The van der Waals surface area contributed by atoms with Gasteiger partial charge >= 0.3 is 0 Å². The molecule has 4 N–H and O–H groups in total. The van der Waals surface area contributed by atoms with Crippen LogP contribution in [0.1, 0.15) is 62.0 Å². The van der Waals surface area contributed by atoms with E-state index in [0.717, 1.165) is 19.3 Å². The van der Waals surface area contributed by atoms with Crippen molar-refractivity contribution in [1.29, 1.82) is 0 Å². The van der Waals surface area contributed by atoms with Crippen LogP contribution in [0.3, 0.4) is 0 Å². The number of carbonyl (C=O) groups excluding carboxylic acids is 2. The number of hydrogen-bond donors (Lipinski definition) is 4. The number of hydrogen-bond acceptors (Lipinski definition) is 11. The summed E-state index contributed by atoms with van der Waals surface area (Å²) in [5, 5.41) is 25.9. The lowest BCUT2D eigenvalue weighted by Gasteiger charge is -2.21. The predicted octanol–water partition coefficient (Wildman–Crippen LogP) is 3.22. The number of unbranched alkanes of at least 4 members (excludes halogenated alkanes) is 4. The van der Waals surface area contributed by atoms with Crippen LogP contribution < -0.4 is 10.6 Å². The maximum atomic E-state index is 12.7. The van der Waals surface area contributed by atoms with Gasteiger partial charge in [0.2, 0.25) is 12.1 Å². The highest BCUT2D eigenvalue weighted by molar-refractivity contribution is 6.06. The lowest BCUT2D eigenvalue weighted by atomic mass is 10.1. The van der Waals surface area contributed by atoms with E-state index in [1.165, 1.54) is 30.1 Å². The van der Waals surface area contributed by atoms with Gasteiger partial charge in [-0.05, 0) is 18.6 Å². The molecule has 4 rings (SSSR count). The molecule has 238 valence electrons. The van der Waals surface area contributed by atoms with E-state index in [0.29, 0.717) is 36.3 Å². The molecule has 0 fully saturated rings. The minimum absolute atomic E-state index is 0.0310. The van der Waals surface area contributed by atoms with Gasteiger partial charge in [0.1, 0.15) is 26.1 Å². The van der Waals surface area contributed by atoms with Crippen LogP contribution in [0.2, 0.25) is 0 Å². The molecule has 2 atom stereocenters. The van der Waals surface area contributed by atoms with Crippen LogP contribution in [0.25, 0.3) is 11.2 Å². The van der Waals surface area contributed by atoms with Crippen LogP contribution in [-0.4, -0.2) is 87.4 Å². The second kappa shape index (κ2) is 17.3. The highest BCUT2D eigenvalue weighted by Crippen LogP contribution is 2.35. The third-order valence-corrected chi connectivity index (χ3v) is 6.90. The lowest BCUT2D eigenvalue weighted by molar-refractivity contribution is -0.131. The topological polar surface area (TPSA) is 179 Å². The van der Waals surface area contributed by atoms with Gasteiger partial charge in [-0.2, -0.15) is 0 Å². The van der Waals surface area contributed by atoms with Crippen molar-refractivity contribution in [3.05, 3.63) is 60.1 Å². The summed E-state index contributed by atoms with van der Waals surface area (Å²) in [5.41, 5.74) is 1.06. The van der Waals surface area contributed by atoms with Gasteiger partial charge < -0.3 is 39.8 Å². The number of aliphatic hydroxyl groups is 2. The Labute approximate surface area is 255 Å². The van der Waals surface area contributed by atoms with Crippen LogP contribution in [0.15, 0.2) is 54.5 Å². The van der Waals surface area contributed by atoms with Gasteiger partial charge in [-0.3, -0.25) is 14.2 Å². The summed E-state index contributed by atoms with van der Waals surface area (Å²) in [4.78, 5) is 37.3. The molecule has 0 aliphatic carbocycles. The second-order valence-electron chi connectivity index (χ2n) is 10.1. The average molecular weight is 613 g/mol. The molecule has 0 radical (unpaired) electrons. The molecule has 0 bridgehead atoms. The number of benzene rings is 1. The SMILES string of the molecule is CCCCCCCC(=O)NCCOCCOCOC1C(O)=C(CO)O[C@H]1n1cnc2c(NC(=O)c3ccccc3)ncnc21. The van der Waals surface area contributed by atoms with Crippen LogP contribution in [0.4, 0.5) is 5.82 Å². The van der Waals surface area contributed by atoms with Crippen molar-refractivity contribution in [1.82, 2.24) is 24.8 Å². The molecule has 3 heterocycles. The maximum absolute atomic E-state index is 12.7. The average Bonchev–Trinajstić information content (AvgIpc) is 3.61. The Balaban J connectivity index is 1.23. The van der Waals surface area contributed by atoms with Crippen molar-refractivity contribution in [2.75, 3.05) is 45.1 Å². The number of aliphatic hydroxyl groups excluding tert-OH is 2. The smallest absolute Gasteiger partial charge is 0.256 e. The number of ether oxygens (including phenoxy) is 4. The Hall–Kier alpha value is -4.11. The van der Waals surface area contributed by atoms with Crippen molar-refractivity contribution < 1.29 is 38.7 Å². The third-order valence-electron chi connectivity index (χ3n) is 6.90. The summed E-state index contributed by atoms with van der Waals surface area (Å²) < 4.78 is 24.1.